The first-order valence-corrected chi connectivity index (χ1v) is 5.07. The number of nitrogens with one attached hydrogen (secondary N) is 1. The molecule has 1 aromatic rings. The fraction of sp³-hybridized carbons (Fsp3) is 0.385. The van der Waals surface area contributed by atoms with Gasteiger partial charge in [-0.1, -0.05) is 29.7 Å². The first-order valence-electron chi connectivity index (χ1n) is 5.07. The first-order chi connectivity index (χ1) is 6.81. The number of aryl methyl sites for hydroxylation is 2. The van der Waals surface area contributed by atoms with Crippen molar-refractivity contribution in [2.24, 2.45) is 0 Å². The Kier molecular flexibility index (Phi) is 2.56. The number of benzene rings is 1. The molecular weight excluding hydrogens is 170 g/mol. The van der Waals surface area contributed by atoms with E-state index in [2.05, 4.69) is 36.4 Å². The average Bonchev–Trinajstić information content (AvgIpc) is 2.57. The zero-order valence-electron chi connectivity index (χ0n) is 8.51. The molecule has 0 aliphatic heterocycles. The summed E-state index contributed by atoms with van der Waals surface area (Å²) in [5.74, 6) is 2.63. The van der Waals surface area contributed by atoms with Gasteiger partial charge in [-0.3, -0.25) is 5.32 Å². The number of fused-ring (bicyclic) bond motifs is 1. The summed E-state index contributed by atoms with van der Waals surface area (Å²) in [4.78, 5) is 0. The van der Waals surface area contributed by atoms with E-state index < -0.39 is 0 Å². The third-order valence-corrected chi connectivity index (χ3v) is 2.83. The van der Waals surface area contributed by atoms with Crippen molar-refractivity contribution in [3.63, 3.8) is 0 Å². The van der Waals surface area contributed by atoms with Crippen LogP contribution in [0.15, 0.2) is 18.2 Å². The van der Waals surface area contributed by atoms with Crippen LogP contribution >= 0.6 is 0 Å². The van der Waals surface area contributed by atoms with Gasteiger partial charge in [0.05, 0.1) is 6.54 Å². The number of hydrogen-bond acceptors (Lipinski definition) is 1. The molecule has 14 heavy (non-hydrogen) atoms. The molecule has 1 aromatic carbocycles. The van der Waals surface area contributed by atoms with Gasteiger partial charge in [0.15, 0.2) is 0 Å². The molecule has 0 heterocycles. The molecule has 2 rings (SSSR count). The topological polar surface area (TPSA) is 12.0 Å². The summed E-state index contributed by atoms with van der Waals surface area (Å²) >= 11 is 0. The van der Waals surface area contributed by atoms with Crippen LogP contribution in [0.3, 0.4) is 0 Å². The molecule has 0 saturated heterocycles. The lowest BCUT2D eigenvalue weighted by Crippen LogP contribution is -2.19. The molecular formula is C13H15N. The molecule has 1 heteroatoms. The summed E-state index contributed by atoms with van der Waals surface area (Å²) in [5.41, 5.74) is 4.25. The number of hydrogen-bond donors (Lipinski definition) is 1. The van der Waals surface area contributed by atoms with Crippen molar-refractivity contribution in [1.82, 2.24) is 5.32 Å². The fourth-order valence-electron chi connectivity index (χ4n) is 2.12. The van der Waals surface area contributed by atoms with Crippen molar-refractivity contribution < 1.29 is 0 Å². The summed E-state index contributed by atoms with van der Waals surface area (Å²) in [5, 5.41) is 3.38. The molecule has 1 aliphatic rings. The predicted molar refractivity (Wildman–Crippen MR) is 59.1 cm³/mol. The maximum absolute atomic E-state index is 5.24. The van der Waals surface area contributed by atoms with Crippen LogP contribution in [0.25, 0.3) is 0 Å². The Hall–Kier alpha value is -1.26. The maximum atomic E-state index is 5.24. The Morgan fingerprint density at radius 1 is 1.57 bits per heavy atom. The van der Waals surface area contributed by atoms with Crippen LogP contribution in [0, 0.1) is 19.3 Å². The minimum atomic E-state index is 0.473. The quantitative estimate of drug-likeness (QED) is 0.696. The molecule has 0 spiro atoms. The zero-order valence-corrected chi connectivity index (χ0v) is 8.51. The van der Waals surface area contributed by atoms with Gasteiger partial charge in [-0.2, -0.15) is 0 Å². The van der Waals surface area contributed by atoms with E-state index in [9.17, 15) is 0 Å². The third kappa shape index (κ3) is 1.66. The summed E-state index contributed by atoms with van der Waals surface area (Å²) in [6.45, 7) is 2.80. The van der Waals surface area contributed by atoms with Crippen LogP contribution in [0.5, 0.6) is 0 Å². The van der Waals surface area contributed by atoms with Gasteiger partial charge in [-0.05, 0) is 30.9 Å². The van der Waals surface area contributed by atoms with Gasteiger partial charge in [-0.15, -0.1) is 6.42 Å². The van der Waals surface area contributed by atoms with E-state index in [-0.39, 0.29) is 0 Å². The zero-order chi connectivity index (χ0) is 9.97. The van der Waals surface area contributed by atoms with Gasteiger partial charge >= 0.3 is 0 Å². The van der Waals surface area contributed by atoms with Crippen molar-refractivity contribution in [2.75, 3.05) is 6.54 Å². The summed E-state index contributed by atoms with van der Waals surface area (Å²) < 4.78 is 0. The lowest BCUT2D eigenvalue weighted by molar-refractivity contribution is 0.568. The van der Waals surface area contributed by atoms with Gasteiger partial charge in [0.2, 0.25) is 0 Å². The van der Waals surface area contributed by atoms with Crippen molar-refractivity contribution in [3.05, 3.63) is 34.9 Å². The van der Waals surface area contributed by atoms with Gasteiger partial charge in [0, 0.05) is 6.04 Å². The maximum Gasteiger partial charge on any atom is 0.0578 e. The highest BCUT2D eigenvalue weighted by Gasteiger charge is 2.21. The minimum Gasteiger partial charge on any atom is -0.299 e. The van der Waals surface area contributed by atoms with E-state index in [0.29, 0.717) is 12.6 Å². The molecule has 0 amide bonds. The van der Waals surface area contributed by atoms with E-state index in [1.165, 1.54) is 29.5 Å². The summed E-state index contributed by atoms with van der Waals surface area (Å²) in [6, 6.07) is 7.17. The Morgan fingerprint density at radius 2 is 2.43 bits per heavy atom. The van der Waals surface area contributed by atoms with E-state index in [1.54, 1.807) is 0 Å². The number of terminal acetylenes is 1. The van der Waals surface area contributed by atoms with E-state index in [1.807, 2.05) is 0 Å². The second-order valence-electron chi connectivity index (χ2n) is 3.88. The highest BCUT2D eigenvalue weighted by molar-refractivity contribution is 5.37. The smallest absolute Gasteiger partial charge is 0.0578 e. The molecule has 1 aliphatic carbocycles. The molecule has 1 nitrogen and oxygen atoms in total. The van der Waals surface area contributed by atoms with E-state index in [0.717, 1.165) is 0 Å². The Bertz CT molecular complexity index is 373. The van der Waals surface area contributed by atoms with Crippen LogP contribution in [0.2, 0.25) is 0 Å². The predicted octanol–water partition coefficient (Wildman–Crippen LogP) is 2.21. The fourth-order valence-corrected chi connectivity index (χ4v) is 2.12. The van der Waals surface area contributed by atoms with Crippen LogP contribution in [0.1, 0.15) is 29.2 Å². The Labute approximate surface area is 85.5 Å². The normalized spacial score (nSPS) is 19.0. The Morgan fingerprint density at radius 3 is 3.21 bits per heavy atom. The van der Waals surface area contributed by atoms with Crippen molar-refractivity contribution >= 4 is 0 Å². The second kappa shape index (κ2) is 3.86. The first kappa shape index (κ1) is 9.30. The standard InChI is InChI=1S/C13H15N/c1-3-8-14-13-7-6-11-5-4-10(2)9-12(11)13/h1,4-5,9,13-14H,6-8H2,2H3. The van der Waals surface area contributed by atoms with E-state index >= 15 is 0 Å². The molecule has 0 fully saturated rings. The molecule has 1 atom stereocenters. The molecule has 1 N–H and O–H groups in total. The SMILES string of the molecule is C#CCNC1CCc2ccc(C)cc21. The highest BCUT2D eigenvalue weighted by atomic mass is 14.9. The van der Waals surface area contributed by atoms with Crippen LogP contribution < -0.4 is 5.32 Å². The summed E-state index contributed by atoms with van der Waals surface area (Å²) in [7, 11) is 0. The Balaban J connectivity index is 2.21. The van der Waals surface area contributed by atoms with Crippen molar-refractivity contribution in [3.8, 4) is 12.3 Å². The lowest BCUT2D eigenvalue weighted by Gasteiger charge is -2.12. The highest BCUT2D eigenvalue weighted by Crippen LogP contribution is 2.31. The minimum absolute atomic E-state index is 0.473. The number of rotatable bonds is 2. The van der Waals surface area contributed by atoms with E-state index in [4.69, 9.17) is 6.42 Å². The van der Waals surface area contributed by atoms with Gasteiger partial charge in [0.1, 0.15) is 0 Å². The molecule has 0 saturated carbocycles. The van der Waals surface area contributed by atoms with Gasteiger partial charge < -0.3 is 0 Å². The molecule has 0 aromatic heterocycles. The molecule has 72 valence electrons. The van der Waals surface area contributed by atoms with Gasteiger partial charge in [0.25, 0.3) is 0 Å². The van der Waals surface area contributed by atoms with Crippen molar-refractivity contribution in [2.45, 2.75) is 25.8 Å². The largest absolute Gasteiger partial charge is 0.299 e. The summed E-state index contributed by atoms with van der Waals surface area (Å²) in [6.07, 6.45) is 7.60. The molecule has 0 bridgehead atoms. The van der Waals surface area contributed by atoms with Gasteiger partial charge in [-0.25, -0.2) is 0 Å². The van der Waals surface area contributed by atoms with Crippen LogP contribution in [-0.4, -0.2) is 6.54 Å². The molecule has 0 radical (unpaired) electrons. The lowest BCUT2D eigenvalue weighted by atomic mass is 10.1. The van der Waals surface area contributed by atoms with Crippen LogP contribution in [-0.2, 0) is 6.42 Å². The third-order valence-electron chi connectivity index (χ3n) is 2.83. The van der Waals surface area contributed by atoms with Crippen molar-refractivity contribution in [1.29, 1.82) is 0 Å². The average molecular weight is 185 g/mol. The monoisotopic (exact) mass is 185 g/mol. The van der Waals surface area contributed by atoms with Crippen LogP contribution in [0.4, 0.5) is 0 Å². The second-order valence-corrected chi connectivity index (χ2v) is 3.88. The molecule has 1 unspecified atom stereocenters.